The van der Waals surface area contributed by atoms with Gasteiger partial charge in [-0.3, -0.25) is 24.8 Å². The van der Waals surface area contributed by atoms with E-state index in [2.05, 4.69) is 70.6 Å². The predicted molar refractivity (Wildman–Crippen MR) is 236 cm³/mol. The van der Waals surface area contributed by atoms with Gasteiger partial charge in [0.2, 0.25) is 6.41 Å². The summed E-state index contributed by atoms with van der Waals surface area (Å²) in [5.74, 6) is 0. The van der Waals surface area contributed by atoms with Gasteiger partial charge in [0.1, 0.15) is 11.2 Å². The molecular weight excluding hydrogens is 767 g/mol. The second-order valence-electron chi connectivity index (χ2n) is 19.5. The van der Waals surface area contributed by atoms with Crippen molar-refractivity contribution in [2.45, 2.75) is 174 Å². The number of imide groups is 2. The molecule has 0 radical (unpaired) electrons. The minimum atomic E-state index is -0.723. The zero-order chi connectivity index (χ0) is 44.3. The number of carbonyl (C=O) groups is 5. The van der Waals surface area contributed by atoms with Crippen molar-refractivity contribution >= 4 is 30.7 Å². The van der Waals surface area contributed by atoms with E-state index in [9.17, 15) is 24.0 Å². The minimum Gasteiger partial charge on any atom is -0.442 e. The van der Waals surface area contributed by atoms with Crippen molar-refractivity contribution < 1.29 is 33.4 Å². The number of rotatable bonds is 31. The molecule has 0 spiro atoms. The number of ether oxygens (including phenoxy) is 2. The Balaban J connectivity index is 1.41. The number of urea groups is 2. The highest BCUT2D eigenvalue weighted by Crippen LogP contribution is 2.24. The van der Waals surface area contributed by atoms with Crippen LogP contribution < -0.4 is 21.3 Å². The molecule has 6 atom stereocenters. The van der Waals surface area contributed by atoms with Crippen LogP contribution in [0.3, 0.4) is 0 Å². The Morgan fingerprint density at radius 2 is 0.967 bits per heavy atom. The fourth-order valence-electron chi connectivity index (χ4n) is 7.72. The summed E-state index contributed by atoms with van der Waals surface area (Å²) in [4.78, 5) is 73.0. The van der Waals surface area contributed by atoms with Crippen LogP contribution in [-0.4, -0.2) is 169 Å². The Bertz CT molecular complexity index is 1350. The monoisotopic (exact) mass is 850 g/mol. The molecule has 4 N–H and O–H groups in total. The molecule has 0 aromatic rings. The van der Waals surface area contributed by atoms with Crippen LogP contribution in [0.2, 0.25) is 0 Å². The fourth-order valence-corrected chi connectivity index (χ4v) is 7.72. The van der Waals surface area contributed by atoms with Crippen molar-refractivity contribution in [1.29, 1.82) is 0 Å². The molecule has 3 rings (SSSR count). The van der Waals surface area contributed by atoms with E-state index in [0.29, 0.717) is 70.2 Å². The molecule has 3 aliphatic rings. The number of carbonyl (C=O) groups excluding carboxylic acids is 5. The van der Waals surface area contributed by atoms with Gasteiger partial charge in [-0.1, -0.05) is 38.5 Å². The zero-order valence-electron chi connectivity index (χ0n) is 38.9. The molecule has 16 nitrogen and oxygen atoms in total. The molecule has 0 aliphatic carbocycles. The van der Waals surface area contributed by atoms with Crippen LogP contribution >= 0.6 is 0 Å². The molecule has 3 fully saturated rings. The molecule has 0 saturated carbocycles. The third-order valence-electron chi connectivity index (χ3n) is 11.6. The molecule has 346 valence electrons. The molecule has 6 unspecified atom stereocenters. The smallest absolute Gasteiger partial charge is 0.407 e. The Morgan fingerprint density at radius 1 is 0.583 bits per heavy atom. The third kappa shape index (κ3) is 21.5. The number of alkyl carbamates (subject to hydrolysis) is 2. The maximum absolute atomic E-state index is 14.0. The molecule has 0 bridgehead atoms. The fraction of sp³-hybridized carbons (Fsp3) is 0.886. The van der Waals surface area contributed by atoms with Gasteiger partial charge in [-0.05, 0) is 107 Å². The van der Waals surface area contributed by atoms with E-state index in [1.165, 1.54) is 6.54 Å². The van der Waals surface area contributed by atoms with E-state index in [1.807, 2.05) is 27.7 Å². The first-order valence-electron chi connectivity index (χ1n) is 23.0. The molecule has 7 amide bonds. The lowest BCUT2D eigenvalue weighted by Gasteiger charge is -2.29. The summed E-state index contributed by atoms with van der Waals surface area (Å²) in [7, 11) is 0. The largest absolute Gasteiger partial charge is 0.442 e. The van der Waals surface area contributed by atoms with E-state index in [1.54, 1.807) is 4.90 Å². The summed E-state index contributed by atoms with van der Waals surface area (Å²) >= 11 is 0. The van der Waals surface area contributed by atoms with Crippen molar-refractivity contribution in [1.82, 2.24) is 45.8 Å². The average molecular weight is 850 g/mol. The normalized spacial score (nSPS) is 22.0. The topological polar surface area (TPSA) is 167 Å². The van der Waals surface area contributed by atoms with E-state index < -0.39 is 35.5 Å². The SMILES string of the molecule is CC1CN1CC(C)(C)NCCCCCCN(CCCCCCNC(=O)OC(C)(C)CN1CC1C)C(=O)N(CCCCCCNC(=O)OC(C)(C)CN1CC1C)C(=O)NC=O. The summed E-state index contributed by atoms with van der Waals surface area (Å²) in [6, 6.07) is 0.653. The summed E-state index contributed by atoms with van der Waals surface area (Å²) in [5.41, 5.74) is -1.06. The summed E-state index contributed by atoms with van der Waals surface area (Å²) in [5, 5.41) is 11.6. The quantitative estimate of drug-likeness (QED) is 0.0381. The molecule has 60 heavy (non-hydrogen) atoms. The van der Waals surface area contributed by atoms with E-state index in [0.717, 1.165) is 102 Å². The second-order valence-corrected chi connectivity index (χ2v) is 19.5. The highest BCUT2D eigenvalue weighted by molar-refractivity contribution is 5.97. The van der Waals surface area contributed by atoms with Gasteiger partial charge >= 0.3 is 24.2 Å². The Hall–Kier alpha value is -3.21. The first kappa shape index (κ1) is 51.1. The summed E-state index contributed by atoms with van der Waals surface area (Å²) < 4.78 is 11.3. The highest BCUT2D eigenvalue weighted by Gasteiger charge is 2.38. The van der Waals surface area contributed by atoms with E-state index in [4.69, 9.17) is 9.47 Å². The minimum absolute atomic E-state index is 0.0670. The first-order chi connectivity index (χ1) is 28.3. The number of unbranched alkanes of at least 4 members (excludes halogenated alkanes) is 9. The lowest BCUT2D eigenvalue weighted by Crippen LogP contribution is -2.50. The lowest BCUT2D eigenvalue weighted by atomic mass is 10.1. The van der Waals surface area contributed by atoms with Gasteiger partial charge in [0, 0.05) is 95.7 Å². The van der Waals surface area contributed by atoms with Crippen LogP contribution in [0.4, 0.5) is 19.2 Å². The Morgan fingerprint density at radius 3 is 1.38 bits per heavy atom. The molecule has 3 saturated heterocycles. The predicted octanol–water partition coefficient (Wildman–Crippen LogP) is 5.75. The summed E-state index contributed by atoms with van der Waals surface area (Å²) in [6.07, 6.45) is 9.44. The van der Waals surface area contributed by atoms with Crippen LogP contribution in [0, 0.1) is 0 Å². The van der Waals surface area contributed by atoms with Crippen LogP contribution in [0.5, 0.6) is 0 Å². The van der Waals surface area contributed by atoms with E-state index >= 15 is 0 Å². The van der Waals surface area contributed by atoms with Crippen LogP contribution in [0.15, 0.2) is 0 Å². The first-order valence-corrected chi connectivity index (χ1v) is 23.0. The van der Waals surface area contributed by atoms with Crippen molar-refractivity contribution in [2.24, 2.45) is 0 Å². The number of hydrogen-bond acceptors (Lipinski definition) is 11. The molecule has 0 aromatic heterocycles. The van der Waals surface area contributed by atoms with Gasteiger partial charge in [-0.25, -0.2) is 24.1 Å². The highest BCUT2D eigenvalue weighted by atomic mass is 16.6. The third-order valence-corrected chi connectivity index (χ3v) is 11.6. The van der Waals surface area contributed by atoms with Crippen LogP contribution in [-0.2, 0) is 14.3 Å². The Labute approximate surface area is 361 Å². The van der Waals surface area contributed by atoms with Gasteiger partial charge in [0.25, 0.3) is 0 Å². The second kappa shape index (κ2) is 25.0. The van der Waals surface area contributed by atoms with Gasteiger partial charge < -0.3 is 30.3 Å². The van der Waals surface area contributed by atoms with Crippen molar-refractivity contribution in [2.75, 3.05) is 78.5 Å². The van der Waals surface area contributed by atoms with Gasteiger partial charge in [-0.15, -0.1) is 0 Å². The van der Waals surface area contributed by atoms with Gasteiger partial charge in [-0.2, -0.15) is 0 Å². The zero-order valence-corrected chi connectivity index (χ0v) is 38.9. The van der Waals surface area contributed by atoms with Crippen LogP contribution in [0.1, 0.15) is 139 Å². The maximum Gasteiger partial charge on any atom is 0.407 e. The lowest BCUT2D eigenvalue weighted by molar-refractivity contribution is -0.108. The van der Waals surface area contributed by atoms with Crippen LogP contribution in [0.25, 0.3) is 0 Å². The van der Waals surface area contributed by atoms with Crippen molar-refractivity contribution in [3.8, 4) is 0 Å². The van der Waals surface area contributed by atoms with E-state index in [-0.39, 0.29) is 12.1 Å². The van der Waals surface area contributed by atoms with Crippen molar-refractivity contribution in [3.05, 3.63) is 0 Å². The molecule has 3 aliphatic heterocycles. The molecular formula is C44H83N9O7. The molecule has 3 heterocycles. The number of nitrogens with one attached hydrogen (secondary N) is 4. The van der Waals surface area contributed by atoms with Gasteiger partial charge in [0.05, 0.1) is 0 Å². The van der Waals surface area contributed by atoms with Gasteiger partial charge in [0.15, 0.2) is 0 Å². The Kier molecular flexibility index (Phi) is 21.3. The maximum atomic E-state index is 14.0. The standard InChI is InChI=1S/C44H83N9O7/c1-35-28-50(35)31-42(4,5)48-24-18-12-14-20-26-49(25-19-13-10-16-22-45-39(56)59-43(6,7)32-51-29-36(51)2)41(58)53(38(55)47-34-54)27-21-15-11-17-23-46-40(57)60-44(8,9)33-52-30-37(52)3/h34-37,48H,10-33H2,1-9H3,(H,45,56)(H,46,57)(H,47,54,55). The molecule has 16 heteroatoms. The van der Waals surface area contributed by atoms with Crippen molar-refractivity contribution in [3.63, 3.8) is 0 Å². The molecule has 0 aromatic carbocycles. The number of nitrogens with zero attached hydrogens (tertiary/aromatic N) is 5. The summed E-state index contributed by atoms with van der Waals surface area (Å²) in [6.45, 7) is 27.6. The number of amides is 7. The number of hydrogen-bond donors (Lipinski definition) is 4. The average Bonchev–Trinajstić information content (AvgIpc) is 4.11.